The number of carbonyl (C=O) groups excluding carboxylic acids is 1. The van der Waals surface area contributed by atoms with E-state index < -0.39 is 0 Å². The molecule has 124 valence electrons. The molecule has 0 bridgehead atoms. The Morgan fingerprint density at radius 3 is 2.50 bits per heavy atom. The van der Waals surface area contributed by atoms with Crippen LogP contribution in [0.1, 0.15) is 36.0 Å². The van der Waals surface area contributed by atoms with Gasteiger partial charge in [0.2, 0.25) is 0 Å². The summed E-state index contributed by atoms with van der Waals surface area (Å²) in [4.78, 5) is 12.2. The fourth-order valence-corrected chi connectivity index (χ4v) is 4.09. The first-order chi connectivity index (χ1) is 11.7. The Balaban J connectivity index is 2.03. The zero-order chi connectivity index (χ0) is 16.7. The molecule has 0 saturated heterocycles. The van der Waals surface area contributed by atoms with Crippen molar-refractivity contribution < 1.29 is 14.6 Å². The van der Waals surface area contributed by atoms with Crippen LogP contribution in [-0.2, 0) is 11.3 Å². The monoisotopic (exact) mass is 323 g/mol. The molecular weight excluding hydrogens is 302 g/mol. The zero-order valence-electron chi connectivity index (χ0n) is 13.8. The Kier molecular flexibility index (Phi) is 3.68. The number of hydrogen-bond donors (Lipinski definition) is 1. The summed E-state index contributed by atoms with van der Waals surface area (Å²) in [5, 5.41) is 12.0. The van der Waals surface area contributed by atoms with Crippen LogP contribution >= 0.6 is 0 Å². The molecule has 1 aliphatic carbocycles. The maximum Gasteiger partial charge on any atom is 0.338 e. The van der Waals surface area contributed by atoms with Crippen molar-refractivity contribution in [2.45, 2.75) is 32.2 Å². The van der Waals surface area contributed by atoms with E-state index in [-0.39, 0.29) is 11.7 Å². The van der Waals surface area contributed by atoms with Crippen molar-refractivity contribution in [1.82, 2.24) is 4.57 Å². The van der Waals surface area contributed by atoms with Crippen molar-refractivity contribution in [3.05, 3.63) is 42.0 Å². The van der Waals surface area contributed by atoms with Crippen molar-refractivity contribution in [3.63, 3.8) is 0 Å². The molecule has 0 spiro atoms. The molecular formula is C20H21NO3. The lowest BCUT2D eigenvalue weighted by molar-refractivity contribution is 0.0603. The van der Waals surface area contributed by atoms with Crippen LogP contribution in [0.5, 0.6) is 5.75 Å². The first-order valence-corrected chi connectivity index (χ1v) is 8.52. The first-order valence-electron chi connectivity index (χ1n) is 8.52. The number of methoxy groups -OCH3 is 1. The Labute approximate surface area is 140 Å². The largest absolute Gasteiger partial charge is 0.507 e. The summed E-state index contributed by atoms with van der Waals surface area (Å²) < 4.78 is 7.20. The van der Waals surface area contributed by atoms with Gasteiger partial charge in [-0.3, -0.25) is 0 Å². The fraction of sp³-hybridized carbons (Fsp3) is 0.350. The van der Waals surface area contributed by atoms with Gasteiger partial charge in [0.1, 0.15) is 5.75 Å². The lowest BCUT2D eigenvalue weighted by Crippen LogP contribution is -2.07. The van der Waals surface area contributed by atoms with Gasteiger partial charge >= 0.3 is 5.97 Å². The van der Waals surface area contributed by atoms with E-state index in [0.717, 1.165) is 28.4 Å². The van der Waals surface area contributed by atoms with Crippen molar-refractivity contribution >= 4 is 27.8 Å². The molecule has 4 nitrogen and oxygen atoms in total. The maximum absolute atomic E-state index is 12.2. The Morgan fingerprint density at radius 1 is 1.12 bits per heavy atom. The molecule has 24 heavy (non-hydrogen) atoms. The Hall–Kier alpha value is -2.49. The second kappa shape index (κ2) is 5.86. The average molecular weight is 323 g/mol. The number of phenols is 1. The zero-order valence-corrected chi connectivity index (χ0v) is 13.8. The van der Waals surface area contributed by atoms with E-state index in [1.807, 2.05) is 24.3 Å². The summed E-state index contributed by atoms with van der Waals surface area (Å²) in [6.07, 6.45) is 5.08. The highest BCUT2D eigenvalue weighted by molar-refractivity contribution is 6.18. The Morgan fingerprint density at radius 2 is 1.79 bits per heavy atom. The van der Waals surface area contributed by atoms with E-state index in [9.17, 15) is 9.90 Å². The van der Waals surface area contributed by atoms with Crippen LogP contribution in [0.2, 0.25) is 0 Å². The summed E-state index contributed by atoms with van der Waals surface area (Å²) in [5.74, 6) is 0.496. The number of fused-ring (bicyclic) bond motifs is 3. The fourth-order valence-electron chi connectivity index (χ4n) is 4.09. The lowest BCUT2D eigenvalue weighted by Gasteiger charge is -2.13. The van der Waals surface area contributed by atoms with Crippen LogP contribution in [0.25, 0.3) is 21.8 Å². The highest BCUT2D eigenvalue weighted by atomic mass is 16.5. The van der Waals surface area contributed by atoms with E-state index in [0.29, 0.717) is 11.5 Å². The summed E-state index contributed by atoms with van der Waals surface area (Å²) in [5.41, 5.74) is 2.47. The van der Waals surface area contributed by atoms with Crippen LogP contribution in [0.15, 0.2) is 36.4 Å². The highest BCUT2D eigenvalue weighted by Gasteiger charge is 2.23. The molecule has 1 heterocycles. The third-order valence-corrected chi connectivity index (χ3v) is 5.22. The number of benzene rings is 2. The predicted molar refractivity (Wildman–Crippen MR) is 94.4 cm³/mol. The molecule has 2 aromatic carbocycles. The number of carbonyl (C=O) groups is 1. The van der Waals surface area contributed by atoms with E-state index >= 15 is 0 Å². The van der Waals surface area contributed by atoms with Gasteiger partial charge < -0.3 is 14.4 Å². The second-order valence-corrected chi connectivity index (χ2v) is 6.62. The smallest absolute Gasteiger partial charge is 0.338 e. The Bertz CT molecular complexity index is 919. The van der Waals surface area contributed by atoms with Gasteiger partial charge in [-0.05, 0) is 43.0 Å². The molecule has 3 aromatic rings. The molecule has 4 rings (SSSR count). The molecule has 1 saturated carbocycles. The number of nitrogens with zero attached hydrogens (tertiary/aromatic N) is 1. The number of ether oxygens (including phenoxy) is 1. The van der Waals surface area contributed by atoms with Gasteiger partial charge in [0.05, 0.1) is 29.1 Å². The van der Waals surface area contributed by atoms with Gasteiger partial charge in [-0.15, -0.1) is 0 Å². The van der Waals surface area contributed by atoms with Crippen LogP contribution in [0.3, 0.4) is 0 Å². The van der Waals surface area contributed by atoms with Crippen LogP contribution in [-0.4, -0.2) is 22.8 Å². The summed E-state index contributed by atoms with van der Waals surface area (Å²) >= 11 is 0. The first kappa shape index (κ1) is 15.1. The minimum absolute atomic E-state index is 0.207. The second-order valence-electron chi connectivity index (χ2n) is 6.62. The van der Waals surface area contributed by atoms with Gasteiger partial charge in [0.15, 0.2) is 0 Å². The molecule has 0 unspecified atom stereocenters. The van der Waals surface area contributed by atoms with Gasteiger partial charge in [0.25, 0.3) is 0 Å². The van der Waals surface area contributed by atoms with Gasteiger partial charge in [-0.25, -0.2) is 4.79 Å². The van der Waals surface area contributed by atoms with Gasteiger partial charge in [0, 0.05) is 11.9 Å². The molecule has 1 aromatic heterocycles. The topological polar surface area (TPSA) is 51.5 Å². The van der Waals surface area contributed by atoms with Crippen LogP contribution in [0.4, 0.5) is 0 Å². The van der Waals surface area contributed by atoms with Crippen molar-refractivity contribution in [1.29, 1.82) is 0 Å². The molecule has 1 N–H and O–H groups in total. The number of hydrogen-bond acceptors (Lipinski definition) is 3. The quantitative estimate of drug-likeness (QED) is 0.723. The highest BCUT2D eigenvalue weighted by Crippen LogP contribution is 2.38. The van der Waals surface area contributed by atoms with Gasteiger partial charge in [-0.2, -0.15) is 0 Å². The minimum atomic E-state index is -0.372. The standard InChI is InChI=1S/C20H21NO3/c1-24-20(23)14-8-4-9-15-18(14)19-16(10-5-11-17(19)22)21(15)12-13-6-2-3-7-13/h4-5,8-11,13,22H,2-3,6-7,12H2,1H3. The number of rotatable bonds is 3. The molecule has 4 heteroatoms. The molecule has 0 radical (unpaired) electrons. The van der Waals surface area contributed by atoms with Crippen LogP contribution in [0, 0.1) is 5.92 Å². The average Bonchev–Trinajstić information content (AvgIpc) is 3.22. The third-order valence-electron chi connectivity index (χ3n) is 5.22. The van der Waals surface area contributed by atoms with E-state index in [4.69, 9.17) is 4.74 Å². The van der Waals surface area contributed by atoms with Gasteiger partial charge in [-0.1, -0.05) is 25.0 Å². The van der Waals surface area contributed by atoms with Crippen molar-refractivity contribution in [2.24, 2.45) is 5.92 Å². The number of phenolic OH excluding ortho intramolecular Hbond substituents is 1. The predicted octanol–water partition coefficient (Wildman–Crippen LogP) is 4.48. The third kappa shape index (κ3) is 2.25. The number of aromatic nitrogens is 1. The molecule has 1 aliphatic rings. The minimum Gasteiger partial charge on any atom is -0.507 e. The lowest BCUT2D eigenvalue weighted by atomic mass is 10.1. The number of aromatic hydroxyl groups is 1. The van der Waals surface area contributed by atoms with E-state index in [2.05, 4.69) is 4.57 Å². The van der Waals surface area contributed by atoms with E-state index in [1.165, 1.54) is 32.8 Å². The molecule has 0 amide bonds. The van der Waals surface area contributed by atoms with E-state index in [1.54, 1.807) is 12.1 Å². The normalized spacial score (nSPS) is 15.4. The molecule has 0 aliphatic heterocycles. The summed E-state index contributed by atoms with van der Waals surface area (Å²) in [6, 6.07) is 11.2. The molecule has 1 fully saturated rings. The molecule has 0 atom stereocenters. The SMILES string of the molecule is COC(=O)c1cccc2c1c1c(O)cccc1n2CC1CCCC1. The summed E-state index contributed by atoms with van der Waals surface area (Å²) in [6.45, 7) is 0.925. The maximum atomic E-state index is 12.2. The van der Waals surface area contributed by atoms with Crippen LogP contribution < -0.4 is 0 Å². The summed E-state index contributed by atoms with van der Waals surface area (Å²) in [7, 11) is 1.39. The van der Waals surface area contributed by atoms with Crippen molar-refractivity contribution in [3.8, 4) is 5.75 Å². The van der Waals surface area contributed by atoms with Crippen molar-refractivity contribution in [2.75, 3.05) is 7.11 Å². The number of esters is 1.